The van der Waals surface area contributed by atoms with Crippen LogP contribution in [0.1, 0.15) is 37.0 Å². The highest BCUT2D eigenvalue weighted by Gasteiger charge is 2.30. The normalized spacial score (nSPS) is 16.5. The summed E-state index contributed by atoms with van der Waals surface area (Å²) >= 11 is 0. The molecule has 1 saturated heterocycles. The van der Waals surface area contributed by atoms with Crippen molar-refractivity contribution in [3.05, 3.63) is 46.1 Å². The molecule has 0 radical (unpaired) electrons. The number of benzene rings is 1. The van der Waals surface area contributed by atoms with E-state index in [0.29, 0.717) is 48.9 Å². The minimum Gasteiger partial charge on any atom is -0.477 e. The molecular weight excluding hydrogens is 377 g/mol. The fourth-order valence-electron chi connectivity index (χ4n) is 4.02. The number of hydrogen-bond donors (Lipinski definition) is 2. The van der Waals surface area contributed by atoms with Gasteiger partial charge in [0.1, 0.15) is 11.4 Å². The van der Waals surface area contributed by atoms with Gasteiger partial charge in [-0.2, -0.15) is 0 Å². The number of aromatic nitrogens is 2. The van der Waals surface area contributed by atoms with Gasteiger partial charge in [-0.25, -0.2) is 9.18 Å². The van der Waals surface area contributed by atoms with E-state index in [1.807, 2.05) is 11.8 Å². The molecule has 0 atom stereocenters. The van der Waals surface area contributed by atoms with Gasteiger partial charge < -0.3 is 19.7 Å². The third-order valence-electron chi connectivity index (χ3n) is 5.74. The zero-order valence-corrected chi connectivity index (χ0v) is 16.3. The summed E-state index contributed by atoms with van der Waals surface area (Å²) < 4.78 is 16.5. The van der Waals surface area contributed by atoms with Crippen LogP contribution in [0.5, 0.6) is 0 Å². The lowest BCUT2D eigenvalue weighted by atomic mass is 9.93. The first-order chi connectivity index (χ1) is 13.7. The number of nitrogens with zero attached hydrogens (tertiary/aromatic N) is 3. The van der Waals surface area contributed by atoms with Crippen LogP contribution in [-0.2, 0) is 6.54 Å². The highest BCUT2D eigenvalue weighted by molar-refractivity contribution is 6.09. The van der Waals surface area contributed by atoms with Gasteiger partial charge in [0, 0.05) is 31.2 Å². The Hall–Kier alpha value is -3.00. The van der Waals surface area contributed by atoms with Crippen LogP contribution in [0.3, 0.4) is 0 Å². The van der Waals surface area contributed by atoms with Crippen LogP contribution in [0, 0.1) is 5.82 Å². The Morgan fingerprint density at radius 2 is 2.00 bits per heavy atom. The minimum absolute atomic E-state index is 0.224. The standard InChI is InChI=1S/C21H22FN3O4/c1-3-24-11-13(20(27)28)19(26)16-12-4-5-14(22)18(17(12)23-10-15(16)24)25-8-6-21(2,29)7-9-25/h4-5,10-11,29H,3,6-9H2,1-2H3,(H,27,28). The first-order valence-electron chi connectivity index (χ1n) is 9.58. The molecule has 8 heteroatoms. The molecule has 152 valence electrons. The second-order valence-corrected chi connectivity index (χ2v) is 7.76. The van der Waals surface area contributed by atoms with Gasteiger partial charge in [0.15, 0.2) is 0 Å². The van der Waals surface area contributed by atoms with Crippen LogP contribution < -0.4 is 10.3 Å². The number of pyridine rings is 2. The Balaban J connectivity index is 2.02. The number of anilines is 1. The van der Waals surface area contributed by atoms with Crippen molar-refractivity contribution in [2.24, 2.45) is 0 Å². The summed E-state index contributed by atoms with van der Waals surface area (Å²) in [6.07, 6.45) is 3.79. The van der Waals surface area contributed by atoms with Crippen molar-refractivity contribution in [3.8, 4) is 0 Å². The third-order valence-corrected chi connectivity index (χ3v) is 5.74. The molecule has 0 aliphatic carbocycles. The lowest BCUT2D eigenvalue weighted by molar-refractivity contribution is 0.0350. The first kappa shape index (κ1) is 19.3. The second-order valence-electron chi connectivity index (χ2n) is 7.76. The molecule has 1 aromatic carbocycles. The molecule has 29 heavy (non-hydrogen) atoms. The van der Waals surface area contributed by atoms with E-state index in [0.717, 1.165) is 0 Å². The topological polar surface area (TPSA) is 95.7 Å². The van der Waals surface area contributed by atoms with E-state index in [4.69, 9.17) is 0 Å². The molecule has 0 amide bonds. The highest BCUT2D eigenvalue weighted by atomic mass is 19.1. The van der Waals surface area contributed by atoms with Crippen LogP contribution in [0.2, 0.25) is 0 Å². The van der Waals surface area contributed by atoms with E-state index < -0.39 is 22.8 Å². The zero-order valence-electron chi connectivity index (χ0n) is 16.3. The number of carbonyl (C=O) groups is 1. The maximum atomic E-state index is 14.8. The number of piperidine rings is 1. The zero-order chi connectivity index (χ0) is 20.9. The third kappa shape index (κ3) is 3.13. The van der Waals surface area contributed by atoms with E-state index in [-0.39, 0.29) is 16.6 Å². The Bertz CT molecular complexity index is 1190. The maximum Gasteiger partial charge on any atom is 0.341 e. The lowest BCUT2D eigenvalue weighted by Crippen LogP contribution is -2.42. The molecule has 0 saturated carbocycles. The summed E-state index contributed by atoms with van der Waals surface area (Å²) in [7, 11) is 0. The van der Waals surface area contributed by atoms with Gasteiger partial charge in [-0.05, 0) is 38.8 Å². The molecule has 0 unspecified atom stereocenters. The number of aryl methyl sites for hydroxylation is 1. The fraction of sp³-hybridized carbons (Fsp3) is 0.381. The number of fused-ring (bicyclic) bond motifs is 3. The Kier molecular flexibility index (Phi) is 4.53. The number of aromatic carboxylic acids is 1. The van der Waals surface area contributed by atoms with Gasteiger partial charge >= 0.3 is 5.97 Å². The summed E-state index contributed by atoms with van der Waals surface area (Å²) in [5.41, 5.74) is -0.614. The van der Waals surface area contributed by atoms with E-state index in [9.17, 15) is 24.2 Å². The van der Waals surface area contributed by atoms with Crippen LogP contribution in [0.4, 0.5) is 10.1 Å². The number of carboxylic acids is 1. The predicted molar refractivity (Wildman–Crippen MR) is 108 cm³/mol. The van der Waals surface area contributed by atoms with E-state index >= 15 is 0 Å². The predicted octanol–water partition coefficient (Wildman–Crippen LogP) is 2.76. The van der Waals surface area contributed by atoms with Gasteiger partial charge in [0.05, 0.1) is 33.9 Å². The van der Waals surface area contributed by atoms with Crippen LogP contribution in [-0.4, -0.2) is 44.4 Å². The maximum absolute atomic E-state index is 14.8. The largest absolute Gasteiger partial charge is 0.477 e. The molecule has 1 aliphatic rings. The number of aliphatic hydroxyl groups is 1. The summed E-state index contributed by atoms with van der Waals surface area (Å²) in [5.74, 6) is -1.76. The monoisotopic (exact) mass is 399 g/mol. The SMILES string of the molecule is CCn1cc(C(=O)O)c(=O)c2c3ccc(F)c(N4CCC(C)(O)CC4)c3ncc21. The highest BCUT2D eigenvalue weighted by Crippen LogP contribution is 2.34. The molecule has 4 rings (SSSR count). The second kappa shape index (κ2) is 6.81. The van der Waals surface area contributed by atoms with E-state index in [2.05, 4.69) is 4.98 Å². The van der Waals surface area contributed by atoms with Crippen molar-refractivity contribution < 1.29 is 19.4 Å². The number of rotatable bonds is 3. The van der Waals surface area contributed by atoms with Crippen molar-refractivity contribution in [1.82, 2.24) is 9.55 Å². The molecule has 1 fully saturated rings. The number of halogens is 1. The summed E-state index contributed by atoms with van der Waals surface area (Å²) in [6.45, 7) is 4.97. The molecule has 3 aromatic rings. The van der Waals surface area contributed by atoms with Crippen molar-refractivity contribution in [2.45, 2.75) is 38.8 Å². The van der Waals surface area contributed by atoms with Crippen LogP contribution >= 0.6 is 0 Å². The summed E-state index contributed by atoms with van der Waals surface area (Å²) in [6, 6.07) is 2.77. The quantitative estimate of drug-likeness (QED) is 0.658. The van der Waals surface area contributed by atoms with Gasteiger partial charge in [-0.3, -0.25) is 9.78 Å². The first-order valence-corrected chi connectivity index (χ1v) is 9.58. The Morgan fingerprint density at radius 1 is 1.31 bits per heavy atom. The van der Waals surface area contributed by atoms with Crippen LogP contribution in [0.25, 0.3) is 21.8 Å². The van der Waals surface area contributed by atoms with Crippen molar-refractivity contribution in [1.29, 1.82) is 0 Å². The van der Waals surface area contributed by atoms with Gasteiger partial charge in [0.2, 0.25) is 5.43 Å². The van der Waals surface area contributed by atoms with Gasteiger partial charge in [-0.1, -0.05) is 0 Å². The summed E-state index contributed by atoms with van der Waals surface area (Å²) in [4.78, 5) is 30.8. The molecular formula is C21H22FN3O4. The van der Waals surface area contributed by atoms with Gasteiger partial charge in [0.25, 0.3) is 0 Å². The lowest BCUT2D eigenvalue weighted by Gasteiger charge is -2.37. The number of hydrogen-bond acceptors (Lipinski definition) is 5. The van der Waals surface area contributed by atoms with Crippen LogP contribution in [0.15, 0.2) is 29.3 Å². The molecule has 0 spiro atoms. The van der Waals surface area contributed by atoms with Gasteiger partial charge in [-0.15, -0.1) is 0 Å². The Labute approximate surface area is 166 Å². The van der Waals surface area contributed by atoms with Crippen molar-refractivity contribution in [2.75, 3.05) is 18.0 Å². The molecule has 2 aromatic heterocycles. The molecule has 0 bridgehead atoms. The van der Waals surface area contributed by atoms with E-state index in [1.54, 1.807) is 11.5 Å². The molecule has 7 nitrogen and oxygen atoms in total. The fourth-order valence-corrected chi connectivity index (χ4v) is 4.02. The van der Waals surface area contributed by atoms with E-state index in [1.165, 1.54) is 24.5 Å². The Morgan fingerprint density at radius 3 is 2.62 bits per heavy atom. The molecule has 2 N–H and O–H groups in total. The number of carboxylic acid groups (broad SMARTS) is 1. The average molecular weight is 399 g/mol. The van der Waals surface area contributed by atoms with Crippen molar-refractivity contribution >= 4 is 33.5 Å². The molecule has 1 aliphatic heterocycles. The summed E-state index contributed by atoms with van der Waals surface area (Å²) in [5, 5.41) is 20.3. The minimum atomic E-state index is -1.30. The molecule has 3 heterocycles. The van der Waals surface area contributed by atoms with Crippen molar-refractivity contribution in [3.63, 3.8) is 0 Å². The smallest absolute Gasteiger partial charge is 0.341 e. The average Bonchev–Trinajstić information content (AvgIpc) is 2.68.